The van der Waals surface area contributed by atoms with Gasteiger partial charge in [-0.1, -0.05) is 0 Å². The minimum Gasteiger partial charge on any atom is -0.481 e. The van der Waals surface area contributed by atoms with Gasteiger partial charge in [0.05, 0.1) is 19.1 Å². The lowest BCUT2D eigenvalue weighted by atomic mass is 10.0. The smallest absolute Gasteiger partial charge is 0.410 e. The van der Waals surface area contributed by atoms with Gasteiger partial charge in [0.1, 0.15) is 12.0 Å². The highest BCUT2D eigenvalue weighted by Gasteiger charge is 2.42. The van der Waals surface area contributed by atoms with Crippen LogP contribution >= 0.6 is 0 Å². The van der Waals surface area contributed by atoms with Crippen LogP contribution < -0.4 is 5.32 Å². The van der Waals surface area contributed by atoms with E-state index in [1.165, 1.54) is 4.90 Å². The number of carboxylic acids is 1. The number of hydrogen-bond acceptors (Lipinski definition) is 6. The molecular weight excluding hydrogens is 308 g/mol. The molecule has 0 aromatic carbocycles. The fourth-order valence-electron chi connectivity index (χ4n) is 2.14. The number of ether oxygens (including phenoxy) is 2. The maximum absolute atomic E-state index is 12.0. The Kier molecular flexibility index (Phi) is 5.94. The molecule has 1 aliphatic heterocycles. The maximum atomic E-state index is 12.0. The number of amides is 2. The Bertz CT molecular complexity index is 498. The van der Waals surface area contributed by atoms with Crippen molar-refractivity contribution in [2.24, 2.45) is 5.92 Å². The van der Waals surface area contributed by atoms with Crippen LogP contribution in [0.3, 0.4) is 0 Å². The number of aliphatic carboxylic acids is 1. The first kappa shape index (κ1) is 18.7. The molecule has 2 atom stereocenters. The van der Waals surface area contributed by atoms with Crippen LogP contribution in [0.1, 0.15) is 27.2 Å². The zero-order chi connectivity index (χ0) is 17.8. The number of rotatable bonds is 4. The molecular formula is C14H22N2O7. The van der Waals surface area contributed by atoms with Gasteiger partial charge in [-0.2, -0.15) is 0 Å². The van der Waals surface area contributed by atoms with E-state index in [2.05, 4.69) is 10.1 Å². The highest BCUT2D eigenvalue weighted by Crippen LogP contribution is 2.20. The molecule has 0 aromatic rings. The Morgan fingerprint density at radius 2 is 1.83 bits per heavy atom. The molecule has 0 aliphatic carbocycles. The third-order valence-electron chi connectivity index (χ3n) is 3.17. The number of esters is 1. The molecule has 0 unspecified atom stereocenters. The number of likely N-dealkylation sites (tertiary alicyclic amines) is 1. The minimum atomic E-state index is -1.14. The normalized spacial score (nSPS) is 20.8. The summed E-state index contributed by atoms with van der Waals surface area (Å²) < 4.78 is 9.57. The highest BCUT2D eigenvalue weighted by atomic mass is 16.6. The number of hydrogen-bond donors (Lipinski definition) is 2. The summed E-state index contributed by atoms with van der Waals surface area (Å²) in [7, 11) is 1.15. The zero-order valence-corrected chi connectivity index (χ0v) is 13.6. The van der Waals surface area contributed by atoms with Crippen molar-refractivity contribution >= 4 is 23.9 Å². The number of carboxylic acid groups (broad SMARTS) is 1. The van der Waals surface area contributed by atoms with Crippen molar-refractivity contribution in [1.82, 2.24) is 10.2 Å². The molecule has 23 heavy (non-hydrogen) atoms. The monoisotopic (exact) mass is 330 g/mol. The van der Waals surface area contributed by atoms with Crippen molar-refractivity contribution in [3.63, 3.8) is 0 Å². The van der Waals surface area contributed by atoms with Crippen LogP contribution in [0.5, 0.6) is 0 Å². The fourth-order valence-corrected chi connectivity index (χ4v) is 2.14. The standard InChI is InChI=1S/C14H22N2O7/c1-14(2,3)23-13(21)16-6-8(12(19)20)9(7-16)15-10(17)5-11(18)22-4/h8-9H,5-7H2,1-4H3,(H,15,17)(H,19,20)/t8-,9-/m1/s1. The summed E-state index contributed by atoms with van der Waals surface area (Å²) in [4.78, 5) is 47.3. The lowest BCUT2D eigenvalue weighted by molar-refractivity contribution is -0.144. The van der Waals surface area contributed by atoms with Crippen molar-refractivity contribution in [1.29, 1.82) is 0 Å². The molecule has 2 amide bonds. The first-order chi connectivity index (χ1) is 10.5. The molecule has 1 aliphatic rings. The first-order valence-electron chi connectivity index (χ1n) is 7.10. The first-order valence-corrected chi connectivity index (χ1v) is 7.10. The van der Waals surface area contributed by atoms with E-state index >= 15 is 0 Å². The Balaban J connectivity index is 2.71. The van der Waals surface area contributed by atoms with Gasteiger partial charge in [-0.3, -0.25) is 14.4 Å². The van der Waals surface area contributed by atoms with Crippen molar-refractivity contribution in [2.45, 2.75) is 38.8 Å². The summed E-state index contributed by atoms with van der Waals surface area (Å²) in [6, 6.07) is -0.794. The van der Waals surface area contributed by atoms with Crippen LogP contribution in [0.15, 0.2) is 0 Å². The summed E-state index contributed by atoms with van der Waals surface area (Å²) in [5.74, 6) is -3.49. The van der Waals surface area contributed by atoms with E-state index in [0.29, 0.717) is 0 Å². The number of nitrogens with one attached hydrogen (secondary N) is 1. The second-order valence-electron chi connectivity index (χ2n) is 6.26. The van der Waals surface area contributed by atoms with Crippen LogP contribution in [0.4, 0.5) is 4.79 Å². The largest absolute Gasteiger partial charge is 0.481 e. The number of carbonyl (C=O) groups is 4. The average molecular weight is 330 g/mol. The summed E-state index contributed by atoms with van der Waals surface area (Å²) in [5.41, 5.74) is -0.706. The molecule has 130 valence electrons. The molecule has 0 bridgehead atoms. The van der Waals surface area contributed by atoms with Crippen LogP contribution in [-0.4, -0.2) is 65.8 Å². The average Bonchev–Trinajstić information content (AvgIpc) is 2.80. The van der Waals surface area contributed by atoms with E-state index in [4.69, 9.17) is 4.74 Å². The van der Waals surface area contributed by atoms with Gasteiger partial charge in [-0.15, -0.1) is 0 Å². The number of carbonyl (C=O) groups excluding carboxylic acids is 3. The summed E-state index contributed by atoms with van der Waals surface area (Å²) in [6.07, 6.45) is -1.15. The maximum Gasteiger partial charge on any atom is 0.410 e. The van der Waals surface area contributed by atoms with Gasteiger partial charge in [-0.05, 0) is 20.8 Å². The molecule has 9 nitrogen and oxygen atoms in total. The Labute approximate surface area is 133 Å². The molecule has 0 spiro atoms. The third-order valence-corrected chi connectivity index (χ3v) is 3.17. The molecule has 0 saturated carbocycles. The Morgan fingerprint density at radius 1 is 1.22 bits per heavy atom. The third kappa shape index (κ3) is 5.76. The second kappa shape index (κ2) is 7.30. The molecule has 1 heterocycles. The van der Waals surface area contributed by atoms with Crippen molar-refractivity contribution in [2.75, 3.05) is 20.2 Å². The van der Waals surface area contributed by atoms with Crippen LogP contribution in [-0.2, 0) is 23.9 Å². The van der Waals surface area contributed by atoms with E-state index in [9.17, 15) is 24.3 Å². The second-order valence-corrected chi connectivity index (χ2v) is 6.26. The predicted molar refractivity (Wildman–Crippen MR) is 77.5 cm³/mol. The van der Waals surface area contributed by atoms with Crippen LogP contribution in [0.25, 0.3) is 0 Å². The number of methoxy groups -OCH3 is 1. The van der Waals surface area contributed by atoms with Crippen molar-refractivity contribution in [3.8, 4) is 0 Å². The minimum absolute atomic E-state index is 0.00120. The molecule has 1 rings (SSSR count). The molecule has 9 heteroatoms. The Hall–Kier alpha value is -2.32. The number of nitrogens with zero attached hydrogens (tertiary/aromatic N) is 1. The molecule has 0 aromatic heterocycles. The van der Waals surface area contributed by atoms with Gasteiger partial charge in [0.25, 0.3) is 0 Å². The van der Waals surface area contributed by atoms with Crippen LogP contribution in [0, 0.1) is 5.92 Å². The van der Waals surface area contributed by atoms with Gasteiger partial charge in [0, 0.05) is 13.1 Å². The quantitative estimate of drug-likeness (QED) is 0.549. The molecule has 0 radical (unpaired) electrons. The summed E-state index contributed by atoms with van der Waals surface area (Å²) in [6.45, 7) is 5.02. The highest BCUT2D eigenvalue weighted by molar-refractivity contribution is 5.94. The van der Waals surface area contributed by atoms with E-state index in [0.717, 1.165) is 7.11 Å². The summed E-state index contributed by atoms with van der Waals surface area (Å²) in [5, 5.41) is 11.7. The van der Waals surface area contributed by atoms with Crippen molar-refractivity contribution in [3.05, 3.63) is 0 Å². The van der Waals surface area contributed by atoms with E-state index < -0.39 is 47.9 Å². The topological polar surface area (TPSA) is 122 Å². The fraction of sp³-hybridized carbons (Fsp3) is 0.714. The predicted octanol–water partition coefficient (Wildman–Crippen LogP) is -0.0142. The van der Waals surface area contributed by atoms with Gasteiger partial charge in [0.15, 0.2) is 0 Å². The van der Waals surface area contributed by atoms with Gasteiger partial charge in [0.2, 0.25) is 5.91 Å². The molecule has 1 fully saturated rings. The SMILES string of the molecule is COC(=O)CC(=O)N[C@@H]1CN(C(=O)OC(C)(C)C)C[C@H]1C(=O)O. The van der Waals surface area contributed by atoms with E-state index in [1.54, 1.807) is 20.8 Å². The lowest BCUT2D eigenvalue weighted by Crippen LogP contribution is -2.44. The zero-order valence-electron chi connectivity index (χ0n) is 13.6. The van der Waals surface area contributed by atoms with Gasteiger partial charge < -0.3 is 24.8 Å². The Morgan fingerprint density at radius 3 is 2.30 bits per heavy atom. The lowest BCUT2D eigenvalue weighted by Gasteiger charge is -2.24. The molecule has 1 saturated heterocycles. The van der Waals surface area contributed by atoms with E-state index in [-0.39, 0.29) is 13.1 Å². The van der Waals surface area contributed by atoms with E-state index in [1.807, 2.05) is 0 Å². The van der Waals surface area contributed by atoms with Gasteiger partial charge in [-0.25, -0.2) is 4.79 Å². The van der Waals surface area contributed by atoms with Gasteiger partial charge >= 0.3 is 18.0 Å². The molecule has 2 N–H and O–H groups in total. The van der Waals surface area contributed by atoms with Crippen LogP contribution in [0.2, 0.25) is 0 Å². The summed E-state index contributed by atoms with van der Waals surface area (Å²) >= 11 is 0. The van der Waals surface area contributed by atoms with Crippen molar-refractivity contribution < 1.29 is 33.8 Å².